The SMILES string of the molecule is C[C@@H]1COCCN1c1nc(-c2ccnc3[nH]ccc23)nc2c1ccn2C1CCCC1. The van der Waals surface area contributed by atoms with Crippen molar-refractivity contribution in [2.75, 3.05) is 24.7 Å². The number of nitrogens with one attached hydrogen (secondary N) is 1. The van der Waals surface area contributed by atoms with Crippen LogP contribution in [0, 0.1) is 0 Å². The first-order valence-corrected chi connectivity index (χ1v) is 10.9. The molecule has 1 aliphatic carbocycles. The Bertz CT molecular complexity index is 1210. The van der Waals surface area contributed by atoms with Crippen molar-refractivity contribution in [3.8, 4) is 11.4 Å². The standard InChI is InChI=1S/C23H26N6O/c1-15-14-30-13-12-28(15)22-19-8-11-29(16-4-2-3-5-16)23(19)27-21(26-22)18-7-10-25-20-17(18)6-9-24-20/h6-11,15-16H,2-5,12-14H2,1H3,(H,24,25)/t15-/m1/s1. The molecular weight excluding hydrogens is 376 g/mol. The number of aromatic nitrogens is 5. The smallest absolute Gasteiger partial charge is 0.164 e. The van der Waals surface area contributed by atoms with Gasteiger partial charge in [-0.2, -0.15) is 0 Å². The summed E-state index contributed by atoms with van der Waals surface area (Å²) < 4.78 is 8.08. The topological polar surface area (TPSA) is 71.9 Å². The molecule has 7 heteroatoms. The average molecular weight is 403 g/mol. The zero-order valence-electron chi connectivity index (χ0n) is 17.2. The zero-order valence-corrected chi connectivity index (χ0v) is 17.2. The molecule has 1 atom stereocenters. The lowest BCUT2D eigenvalue weighted by Crippen LogP contribution is -2.44. The summed E-state index contributed by atoms with van der Waals surface area (Å²) >= 11 is 0. The maximum atomic E-state index is 5.69. The first-order chi connectivity index (χ1) is 14.8. The molecule has 1 saturated heterocycles. The van der Waals surface area contributed by atoms with Crippen LogP contribution in [-0.2, 0) is 4.74 Å². The van der Waals surface area contributed by atoms with Crippen LogP contribution in [0.2, 0.25) is 0 Å². The van der Waals surface area contributed by atoms with Crippen molar-refractivity contribution in [1.29, 1.82) is 0 Å². The predicted octanol–water partition coefficient (Wildman–Crippen LogP) is 4.31. The van der Waals surface area contributed by atoms with E-state index in [9.17, 15) is 0 Å². The van der Waals surface area contributed by atoms with E-state index < -0.39 is 0 Å². The fraction of sp³-hybridized carbons (Fsp3) is 0.435. The first-order valence-electron chi connectivity index (χ1n) is 10.9. The molecule has 154 valence electrons. The molecule has 5 heterocycles. The molecule has 2 fully saturated rings. The van der Waals surface area contributed by atoms with Crippen molar-refractivity contribution >= 4 is 27.9 Å². The number of nitrogens with zero attached hydrogens (tertiary/aromatic N) is 5. The Morgan fingerprint density at radius 2 is 2.00 bits per heavy atom. The van der Waals surface area contributed by atoms with Crippen LogP contribution >= 0.6 is 0 Å². The molecule has 30 heavy (non-hydrogen) atoms. The van der Waals surface area contributed by atoms with Crippen molar-refractivity contribution in [2.45, 2.75) is 44.7 Å². The fourth-order valence-electron chi connectivity index (χ4n) is 5.03. The zero-order chi connectivity index (χ0) is 20.1. The number of hydrogen-bond donors (Lipinski definition) is 1. The summed E-state index contributed by atoms with van der Waals surface area (Å²) in [6.07, 6.45) is 11.0. The highest BCUT2D eigenvalue weighted by atomic mass is 16.5. The number of pyridine rings is 1. The maximum Gasteiger partial charge on any atom is 0.164 e. The van der Waals surface area contributed by atoms with Gasteiger partial charge in [-0.25, -0.2) is 15.0 Å². The third kappa shape index (κ3) is 2.80. The van der Waals surface area contributed by atoms with E-state index in [1.54, 1.807) is 0 Å². The van der Waals surface area contributed by atoms with E-state index >= 15 is 0 Å². The summed E-state index contributed by atoms with van der Waals surface area (Å²) in [5, 5.41) is 2.19. The molecule has 0 aromatic carbocycles. The van der Waals surface area contributed by atoms with Gasteiger partial charge in [0.15, 0.2) is 5.82 Å². The van der Waals surface area contributed by atoms with Gasteiger partial charge in [-0.15, -0.1) is 0 Å². The molecule has 1 saturated carbocycles. The molecule has 0 radical (unpaired) electrons. The van der Waals surface area contributed by atoms with Crippen LogP contribution in [0.1, 0.15) is 38.6 Å². The van der Waals surface area contributed by atoms with Gasteiger partial charge in [0.25, 0.3) is 0 Å². The van der Waals surface area contributed by atoms with E-state index in [2.05, 4.69) is 44.7 Å². The Labute approximate surface area is 175 Å². The Morgan fingerprint density at radius 3 is 2.87 bits per heavy atom. The van der Waals surface area contributed by atoms with Gasteiger partial charge < -0.3 is 19.2 Å². The third-order valence-electron chi connectivity index (χ3n) is 6.61. The molecule has 0 unspecified atom stereocenters. The second-order valence-electron chi connectivity index (χ2n) is 8.49. The quantitative estimate of drug-likeness (QED) is 0.553. The molecule has 0 spiro atoms. The van der Waals surface area contributed by atoms with Gasteiger partial charge >= 0.3 is 0 Å². The molecule has 2 aliphatic rings. The molecule has 0 amide bonds. The minimum atomic E-state index is 0.282. The average Bonchev–Trinajstić information content (AvgIpc) is 3.52. The van der Waals surface area contributed by atoms with E-state index in [0.29, 0.717) is 6.04 Å². The van der Waals surface area contributed by atoms with E-state index in [-0.39, 0.29) is 6.04 Å². The Kier molecular flexibility index (Phi) is 4.23. The lowest BCUT2D eigenvalue weighted by Gasteiger charge is -2.34. The van der Waals surface area contributed by atoms with Crippen LogP contribution in [-0.4, -0.2) is 50.3 Å². The number of rotatable bonds is 3. The van der Waals surface area contributed by atoms with Crippen molar-refractivity contribution in [3.63, 3.8) is 0 Å². The Hall–Kier alpha value is -2.93. The van der Waals surface area contributed by atoms with Gasteiger partial charge in [-0.05, 0) is 38.0 Å². The van der Waals surface area contributed by atoms with Crippen LogP contribution in [0.5, 0.6) is 0 Å². The maximum absolute atomic E-state index is 5.69. The number of fused-ring (bicyclic) bond motifs is 2. The molecule has 1 aliphatic heterocycles. The van der Waals surface area contributed by atoms with Gasteiger partial charge in [0.1, 0.15) is 17.1 Å². The minimum absolute atomic E-state index is 0.282. The van der Waals surface area contributed by atoms with Crippen LogP contribution in [0.25, 0.3) is 33.5 Å². The predicted molar refractivity (Wildman–Crippen MR) is 118 cm³/mol. The number of hydrogen-bond acceptors (Lipinski definition) is 5. The number of morpholine rings is 1. The van der Waals surface area contributed by atoms with Crippen LogP contribution in [0.4, 0.5) is 5.82 Å². The molecule has 7 nitrogen and oxygen atoms in total. The highest BCUT2D eigenvalue weighted by molar-refractivity contribution is 5.95. The van der Waals surface area contributed by atoms with Crippen molar-refractivity contribution < 1.29 is 4.74 Å². The number of H-pyrrole nitrogens is 1. The normalized spacial score (nSPS) is 20.6. The van der Waals surface area contributed by atoms with Crippen LogP contribution < -0.4 is 4.90 Å². The largest absolute Gasteiger partial charge is 0.377 e. The highest BCUT2D eigenvalue weighted by Crippen LogP contribution is 2.37. The summed E-state index contributed by atoms with van der Waals surface area (Å²) in [6.45, 7) is 4.50. The summed E-state index contributed by atoms with van der Waals surface area (Å²) in [5.41, 5.74) is 2.93. The third-order valence-corrected chi connectivity index (χ3v) is 6.61. The fourth-order valence-corrected chi connectivity index (χ4v) is 5.03. The van der Waals surface area contributed by atoms with E-state index in [4.69, 9.17) is 14.7 Å². The second-order valence-corrected chi connectivity index (χ2v) is 8.49. The van der Waals surface area contributed by atoms with Crippen LogP contribution in [0.15, 0.2) is 36.8 Å². The summed E-state index contributed by atoms with van der Waals surface area (Å²) in [4.78, 5) is 20.3. The number of ether oxygens (including phenoxy) is 1. The Morgan fingerprint density at radius 1 is 1.10 bits per heavy atom. The van der Waals surface area contributed by atoms with E-state index in [1.165, 1.54) is 25.7 Å². The van der Waals surface area contributed by atoms with Gasteiger partial charge in [-0.3, -0.25) is 0 Å². The Balaban J connectivity index is 1.59. The van der Waals surface area contributed by atoms with Gasteiger partial charge in [0.2, 0.25) is 0 Å². The van der Waals surface area contributed by atoms with Crippen molar-refractivity contribution in [3.05, 3.63) is 36.8 Å². The second kappa shape index (κ2) is 7.09. The molecule has 0 bridgehead atoms. The van der Waals surface area contributed by atoms with Crippen LogP contribution in [0.3, 0.4) is 0 Å². The van der Waals surface area contributed by atoms with Gasteiger partial charge in [-0.1, -0.05) is 12.8 Å². The highest BCUT2D eigenvalue weighted by Gasteiger charge is 2.27. The number of aromatic amines is 1. The van der Waals surface area contributed by atoms with Crippen molar-refractivity contribution in [1.82, 2.24) is 24.5 Å². The lowest BCUT2D eigenvalue weighted by atomic mass is 10.1. The minimum Gasteiger partial charge on any atom is -0.377 e. The summed E-state index contributed by atoms with van der Waals surface area (Å²) in [7, 11) is 0. The molecule has 6 rings (SSSR count). The first kappa shape index (κ1) is 17.9. The summed E-state index contributed by atoms with van der Waals surface area (Å²) in [5.74, 6) is 1.78. The number of anilines is 1. The van der Waals surface area contributed by atoms with E-state index in [1.807, 2.05) is 18.5 Å². The van der Waals surface area contributed by atoms with E-state index in [0.717, 1.165) is 59.0 Å². The van der Waals surface area contributed by atoms with Gasteiger partial charge in [0, 0.05) is 42.1 Å². The molecule has 1 N–H and O–H groups in total. The molecule has 4 aromatic heterocycles. The lowest BCUT2D eigenvalue weighted by molar-refractivity contribution is 0.0987. The van der Waals surface area contributed by atoms with Crippen molar-refractivity contribution in [2.24, 2.45) is 0 Å². The monoisotopic (exact) mass is 402 g/mol. The molecule has 4 aromatic rings. The summed E-state index contributed by atoms with van der Waals surface area (Å²) in [6, 6.07) is 7.09. The van der Waals surface area contributed by atoms with Gasteiger partial charge in [0.05, 0.1) is 24.6 Å². The molecular formula is C23H26N6O.